The van der Waals surface area contributed by atoms with E-state index in [1.165, 1.54) is 4.46 Å². The molecule has 0 bridgehead atoms. The van der Waals surface area contributed by atoms with Gasteiger partial charge in [-0.1, -0.05) is 0 Å². The summed E-state index contributed by atoms with van der Waals surface area (Å²) >= 11 is 0.205. The van der Waals surface area contributed by atoms with Crippen molar-refractivity contribution in [3.05, 3.63) is 96.1 Å². The van der Waals surface area contributed by atoms with Gasteiger partial charge in [-0.05, 0) is 0 Å². The summed E-state index contributed by atoms with van der Waals surface area (Å²) in [7, 11) is -3.54. The molecule has 3 aromatic carbocycles. The van der Waals surface area contributed by atoms with Crippen LogP contribution in [-0.2, 0) is 16.4 Å². The first kappa shape index (κ1) is 19.8. The third-order valence-corrected chi connectivity index (χ3v) is 8.17. The van der Waals surface area contributed by atoms with E-state index in [2.05, 4.69) is 16.9 Å². The van der Waals surface area contributed by atoms with E-state index in [1.807, 2.05) is 67.6 Å². The summed E-state index contributed by atoms with van der Waals surface area (Å²) in [6.45, 7) is 1.95. The van der Waals surface area contributed by atoms with Gasteiger partial charge in [-0.25, -0.2) is 0 Å². The van der Waals surface area contributed by atoms with Crippen LogP contribution in [0.5, 0.6) is 0 Å². The molecule has 0 saturated carbocycles. The Balaban J connectivity index is 1.76. The summed E-state index contributed by atoms with van der Waals surface area (Å²) in [6, 6.07) is 27.2. The maximum atomic E-state index is 12.9. The fourth-order valence-electron chi connectivity index (χ4n) is 2.75. The van der Waals surface area contributed by atoms with Crippen molar-refractivity contribution in [2.75, 3.05) is 0 Å². The number of nitrogens with one attached hydrogen (secondary N) is 1. The van der Waals surface area contributed by atoms with Gasteiger partial charge < -0.3 is 0 Å². The predicted molar refractivity (Wildman–Crippen MR) is 112 cm³/mol. The van der Waals surface area contributed by atoms with Crippen molar-refractivity contribution in [1.82, 2.24) is 4.72 Å². The van der Waals surface area contributed by atoms with Crippen LogP contribution in [0.15, 0.2) is 89.8 Å². The minimum atomic E-state index is -3.54. The van der Waals surface area contributed by atoms with Crippen molar-refractivity contribution in [3.8, 4) is 0 Å². The molecule has 0 aromatic heterocycles. The minimum absolute atomic E-state index is 0.140. The quantitative estimate of drug-likeness (QED) is 0.542. The van der Waals surface area contributed by atoms with E-state index < -0.39 is 10.0 Å². The molecule has 140 valence electrons. The Morgan fingerprint density at radius 2 is 1.44 bits per heavy atom. The fraction of sp³-hybridized carbons (Fsp3) is 0.182. The van der Waals surface area contributed by atoms with Crippen molar-refractivity contribution < 1.29 is 8.42 Å². The van der Waals surface area contributed by atoms with Crippen LogP contribution in [0.3, 0.4) is 0 Å². The van der Waals surface area contributed by atoms with Crippen molar-refractivity contribution in [1.29, 1.82) is 0 Å². The Kier molecular flexibility index (Phi) is 6.86. The monoisotopic (exact) mass is 445 g/mol. The normalized spacial score (nSPS) is 12.6. The zero-order valence-electron chi connectivity index (χ0n) is 15.2. The molecule has 0 aliphatic rings. The van der Waals surface area contributed by atoms with Crippen molar-refractivity contribution in [2.45, 2.75) is 29.6 Å². The molecule has 1 atom stereocenters. The first-order valence-electron chi connectivity index (χ1n) is 8.84. The van der Waals surface area contributed by atoms with E-state index in [0.717, 1.165) is 16.4 Å². The zero-order valence-corrected chi connectivity index (χ0v) is 17.7. The Hall–Kier alpha value is -1.91. The Bertz CT molecular complexity index is 943. The molecular weight excluding hydrogens is 421 g/mol. The number of aryl methyl sites for hydroxylation is 1. The second-order valence-electron chi connectivity index (χ2n) is 6.45. The van der Waals surface area contributed by atoms with Gasteiger partial charge in [0.05, 0.1) is 0 Å². The van der Waals surface area contributed by atoms with Gasteiger partial charge in [-0.15, -0.1) is 0 Å². The Morgan fingerprint density at radius 1 is 0.852 bits per heavy atom. The SMILES string of the molecule is Cc1ccc(S(=O)(=O)N[C@H](C[Se]c2ccccc2)Cc2ccccc2)cc1. The fourth-order valence-corrected chi connectivity index (χ4v) is 6.21. The van der Waals surface area contributed by atoms with Gasteiger partial charge in [0.25, 0.3) is 0 Å². The first-order chi connectivity index (χ1) is 13.0. The van der Waals surface area contributed by atoms with Gasteiger partial charge in [-0.3, -0.25) is 0 Å². The predicted octanol–water partition coefficient (Wildman–Crippen LogP) is 3.33. The molecular formula is C22H23NO2SSe. The summed E-state index contributed by atoms with van der Waals surface area (Å²) in [5.41, 5.74) is 2.18. The average molecular weight is 444 g/mol. The van der Waals surface area contributed by atoms with Crippen molar-refractivity contribution in [3.63, 3.8) is 0 Å². The summed E-state index contributed by atoms with van der Waals surface area (Å²) in [5.74, 6) is 0. The molecule has 0 aliphatic carbocycles. The number of rotatable bonds is 8. The molecule has 27 heavy (non-hydrogen) atoms. The molecule has 3 nitrogen and oxygen atoms in total. The number of sulfonamides is 1. The van der Waals surface area contributed by atoms with E-state index in [1.54, 1.807) is 12.1 Å². The van der Waals surface area contributed by atoms with Crippen LogP contribution in [0.2, 0.25) is 5.32 Å². The summed E-state index contributed by atoms with van der Waals surface area (Å²) in [6.07, 6.45) is 0.681. The van der Waals surface area contributed by atoms with Crippen molar-refractivity contribution >= 4 is 29.4 Å². The summed E-state index contributed by atoms with van der Waals surface area (Å²) in [4.78, 5) is 0.318. The van der Waals surface area contributed by atoms with Crippen LogP contribution in [0, 0.1) is 6.92 Å². The summed E-state index contributed by atoms with van der Waals surface area (Å²) in [5, 5.41) is 0.803. The Labute approximate surface area is 168 Å². The van der Waals surface area contributed by atoms with E-state index >= 15 is 0 Å². The van der Waals surface area contributed by atoms with E-state index in [9.17, 15) is 8.42 Å². The van der Waals surface area contributed by atoms with E-state index in [4.69, 9.17) is 0 Å². The summed E-state index contributed by atoms with van der Waals surface area (Å²) < 4.78 is 29.9. The zero-order chi connectivity index (χ0) is 19.1. The first-order valence-corrected chi connectivity index (χ1v) is 12.4. The van der Waals surface area contributed by atoms with Crippen LogP contribution in [-0.4, -0.2) is 29.4 Å². The van der Waals surface area contributed by atoms with Gasteiger partial charge in [0, 0.05) is 0 Å². The van der Waals surface area contributed by atoms with E-state index in [-0.39, 0.29) is 21.0 Å². The molecule has 0 amide bonds. The number of benzene rings is 3. The molecule has 0 radical (unpaired) electrons. The van der Waals surface area contributed by atoms with E-state index in [0.29, 0.717) is 11.3 Å². The molecule has 5 heteroatoms. The molecule has 3 rings (SSSR count). The molecule has 0 aliphatic heterocycles. The molecule has 0 unspecified atom stereocenters. The standard InChI is InChI=1S/C22H23NO2SSe/c1-18-12-14-21(15-13-18)26(24,25)23-20(16-19-8-4-2-5-9-19)17-27-22-10-6-3-7-11-22/h2-15,20,23H,16-17H2,1H3/t20-/m0/s1. The second kappa shape index (κ2) is 9.34. The van der Waals surface area contributed by atoms with Crippen molar-refractivity contribution in [2.24, 2.45) is 0 Å². The van der Waals surface area contributed by atoms with Crippen LogP contribution < -0.4 is 9.18 Å². The molecule has 0 spiro atoms. The Morgan fingerprint density at radius 3 is 2.07 bits per heavy atom. The molecule has 3 aromatic rings. The van der Waals surface area contributed by atoms with Crippen LogP contribution in [0.4, 0.5) is 0 Å². The van der Waals surface area contributed by atoms with Gasteiger partial charge >= 0.3 is 168 Å². The second-order valence-corrected chi connectivity index (χ2v) is 10.5. The number of hydrogen-bond donors (Lipinski definition) is 1. The van der Waals surface area contributed by atoms with Gasteiger partial charge in [0.1, 0.15) is 0 Å². The molecule has 1 N–H and O–H groups in total. The van der Waals surface area contributed by atoms with Gasteiger partial charge in [0.15, 0.2) is 0 Å². The third kappa shape index (κ3) is 6.05. The van der Waals surface area contributed by atoms with Gasteiger partial charge in [-0.2, -0.15) is 0 Å². The average Bonchev–Trinajstić information content (AvgIpc) is 2.68. The van der Waals surface area contributed by atoms with Crippen LogP contribution in [0.25, 0.3) is 0 Å². The maximum absolute atomic E-state index is 12.9. The number of hydrogen-bond acceptors (Lipinski definition) is 2. The van der Waals surface area contributed by atoms with Crippen LogP contribution in [0.1, 0.15) is 11.1 Å². The third-order valence-electron chi connectivity index (χ3n) is 4.17. The van der Waals surface area contributed by atoms with Crippen LogP contribution >= 0.6 is 0 Å². The van der Waals surface area contributed by atoms with Gasteiger partial charge in [0.2, 0.25) is 0 Å². The molecule has 0 fully saturated rings. The molecule has 0 saturated heterocycles. The molecule has 0 heterocycles. The topological polar surface area (TPSA) is 46.2 Å².